The largest absolute Gasteiger partial charge is 0.508 e. The number of hydrogen-bond acceptors (Lipinski definition) is 7. The van der Waals surface area contributed by atoms with Gasteiger partial charge in [-0.1, -0.05) is 61.5 Å². The molecule has 3 aliphatic heterocycles. The van der Waals surface area contributed by atoms with Gasteiger partial charge in [0.25, 0.3) is 5.91 Å². The van der Waals surface area contributed by atoms with Crippen LogP contribution in [-0.4, -0.2) is 77.5 Å². The number of carbonyl (C=O) groups is 3. The Morgan fingerprint density at radius 2 is 1.47 bits per heavy atom. The van der Waals surface area contributed by atoms with Crippen LogP contribution in [-0.2, 0) is 16.1 Å². The minimum Gasteiger partial charge on any atom is -0.508 e. The fourth-order valence-electron chi connectivity index (χ4n) is 8.94. The number of benzene rings is 4. The molecule has 0 radical (unpaired) electrons. The Morgan fingerprint density at radius 1 is 0.782 bits per heavy atom. The highest BCUT2D eigenvalue weighted by atomic mass is 16.5. The number of nitrogens with one attached hydrogen (secondary N) is 1. The van der Waals surface area contributed by atoms with Crippen molar-refractivity contribution in [1.82, 2.24) is 15.1 Å². The van der Waals surface area contributed by atoms with Crippen LogP contribution in [0.2, 0.25) is 0 Å². The van der Waals surface area contributed by atoms with Gasteiger partial charge in [-0.3, -0.25) is 24.6 Å². The van der Waals surface area contributed by atoms with E-state index in [2.05, 4.69) is 76.6 Å². The van der Waals surface area contributed by atoms with E-state index in [0.29, 0.717) is 24.4 Å². The summed E-state index contributed by atoms with van der Waals surface area (Å²) in [6, 6.07) is 32.0. The van der Waals surface area contributed by atoms with Gasteiger partial charge < -0.3 is 19.6 Å². The van der Waals surface area contributed by atoms with Crippen molar-refractivity contribution < 1.29 is 24.2 Å². The Balaban J connectivity index is 0.824. The lowest BCUT2D eigenvalue weighted by molar-refractivity contribution is -0.136. The van der Waals surface area contributed by atoms with E-state index in [1.807, 2.05) is 30.3 Å². The fraction of sp³-hybridized carbons (Fsp3) is 0.370. The summed E-state index contributed by atoms with van der Waals surface area (Å²) in [5.41, 5.74) is 8.57. The Hall–Kier alpha value is -5.41. The van der Waals surface area contributed by atoms with Crippen molar-refractivity contribution in [2.75, 3.05) is 37.6 Å². The summed E-state index contributed by atoms with van der Waals surface area (Å²) >= 11 is 0. The molecule has 55 heavy (non-hydrogen) atoms. The van der Waals surface area contributed by atoms with Crippen molar-refractivity contribution >= 4 is 34.6 Å². The lowest BCUT2D eigenvalue weighted by Crippen LogP contribution is -2.52. The standard InChI is InChI=1S/C46H50N4O5/c1-2-40(32-6-4-3-5-7-32)44(33-10-15-37(51)16-11-33)34-12-19-39(20-13-34)55-38-17-8-31(9-18-38)29-48-24-26-49(27-25-48)36-14-21-41-35(28-36)30-50(46(41)54)42-22-23-43(52)47-45(42)53/h3-7,10-16,19-21,28,31,38,42,51H,2,8-9,17-18,22-27,29-30H2,1H3,(H,47,52,53)/b44-40-. The molecule has 0 spiro atoms. The van der Waals surface area contributed by atoms with E-state index in [0.717, 1.165) is 93.0 Å². The number of fused-ring (bicyclic) bond motifs is 1. The lowest BCUT2D eigenvalue weighted by atomic mass is 9.86. The number of phenols is 1. The zero-order valence-electron chi connectivity index (χ0n) is 31.6. The first-order valence-corrected chi connectivity index (χ1v) is 19.9. The summed E-state index contributed by atoms with van der Waals surface area (Å²) in [7, 11) is 0. The molecule has 2 saturated heterocycles. The summed E-state index contributed by atoms with van der Waals surface area (Å²) in [5, 5.41) is 12.4. The van der Waals surface area contributed by atoms with Crippen LogP contribution in [0.3, 0.4) is 0 Å². The number of aromatic hydroxyl groups is 1. The van der Waals surface area contributed by atoms with E-state index in [-0.39, 0.29) is 36.0 Å². The molecule has 1 unspecified atom stereocenters. The minimum absolute atomic E-state index is 0.128. The first-order chi connectivity index (χ1) is 26.8. The smallest absolute Gasteiger partial charge is 0.255 e. The van der Waals surface area contributed by atoms with Crippen LogP contribution >= 0.6 is 0 Å². The van der Waals surface area contributed by atoms with Crippen LogP contribution in [0.1, 0.15) is 84.5 Å². The molecule has 8 rings (SSSR count). The van der Waals surface area contributed by atoms with Crippen LogP contribution < -0.4 is 15.0 Å². The maximum atomic E-state index is 13.1. The molecule has 3 amide bonds. The van der Waals surface area contributed by atoms with E-state index >= 15 is 0 Å². The quantitative estimate of drug-likeness (QED) is 0.130. The molecule has 4 aromatic carbocycles. The lowest BCUT2D eigenvalue weighted by Gasteiger charge is -2.39. The molecule has 9 nitrogen and oxygen atoms in total. The van der Waals surface area contributed by atoms with Crippen LogP contribution in [0.4, 0.5) is 5.69 Å². The molecule has 3 fully saturated rings. The van der Waals surface area contributed by atoms with Crippen molar-refractivity contribution in [3.05, 3.63) is 125 Å². The van der Waals surface area contributed by atoms with Gasteiger partial charge in [0.15, 0.2) is 0 Å². The second-order valence-corrected chi connectivity index (χ2v) is 15.4. The number of carbonyl (C=O) groups excluding carboxylic acids is 3. The summed E-state index contributed by atoms with van der Waals surface area (Å²) in [6.45, 7) is 7.60. The van der Waals surface area contributed by atoms with Crippen molar-refractivity contribution in [1.29, 1.82) is 0 Å². The number of phenolic OH excluding ortho intramolecular Hbond substituents is 1. The van der Waals surface area contributed by atoms with Gasteiger partial charge in [0.2, 0.25) is 11.8 Å². The maximum Gasteiger partial charge on any atom is 0.255 e. The maximum absolute atomic E-state index is 13.1. The van der Waals surface area contributed by atoms with Gasteiger partial charge in [0.05, 0.1) is 6.10 Å². The Labute approximate surface area is 323 Å². The number of piperidine rings is 1. The van der Waals surface area contributed by atoms with E-state index < -0.39 is 6.04 Å². The van der Waals surface area contributed by atoms with Crippen LogP contribution in [0.25, 0.3) is 11.1 Å². The topological polar surface area (TPSA) is 102 Å². The third-order valence-electron chi connectivity index (χ3n) is 11.9. The second-order valence-electron chi connectivity index (χ2n) is 15.4. The highest BCUT2D eigenvalue weighted by Gasteiger charge is 2.39. The monoisotopic (exact) mass is 738 g/mol. The van der Waals surface area contributed by atoms with E-state index in [1.54, 1.807) is 17.0 Å². The van der Waals surface area contributed by atoms with E-state index in [4.69, 9.17) is 4.74 Å². The zero-order valence-corrected chi connectivity index (χ0v) is 31.6. The van der Waals surface area contributed by atoms with Gasteiger partial charge in [-0.15, -0.1) is 0 Å². The van der Waals surface area contributed by atoms with Gasteiger partial charge in [0, 0.05) is 56.9 Å². The first-order valence-electron chi connectivity index (χ1n) is 19.9. The van der Waals surface area contributed by atoms with E-state index in [9.17, 15) is 19.5 Å². The molecule has 1 atom stereocenters. The number of imide groups is 1. The summed E-state index contributed by atoms with van der Waals surface area (Å²) < 4.78 is 6.55. The number of nitrogens with zero attached hydrogens (tertiary/aromatic N) is 3. The number of amides is 3. The molecule has 2 N–H and O–H groups in total. The van der Waals surface area contributed by atoms with Crippen molar-refractivity contribution in [2.45, 2.75) is 70.6 Å². The zero-order chi connectivity index (χ0) is 37.9. The van der Waals surface area contributed by atoms with Crippen LogP contribution in [0, 0.1) is 5.92 Å². The molecule has 0 aromatic heterocycles. The Morgan fingerprint density at radius 3 is 2.15 bits per heavy atom. The van der Waals surface area contributed by atoms with Crippen LogP contribution in [0.15, 0.2) is 97.1 Å². The molecule has 0 bridgehead atoms. The first kappa shape index (κ1) is 36.6. The molecule has 9 heteroatoms. The summed E-state index contributed by atoms with van der Waals surface area (Å²) in [5.74, 6) is 1.06. The molecular formula is C46H50N4O5. The van der Waals surface area contributed by atoms with Crippen molar-refractivity contribution in [3.8, 4) is 11.5 Å². The normalized spacial score (nSPS) is 22.3. The highest BCUT2D eigenvalue weighted by molar-refractivity contribution is 6.05. The highest BCUT2D eigenvalue weighted by Crippen LogP contribution is 2.37. The molecule has 3 heterocycles. The third kappa shape index (κ3) is 8.03. The van der Waals surface area contributed by atoms with Gasteiger partial charge in [0.1, 0.15) is 17.5 Å². The van der Waals surface area contributed by atoms with Gasteiger partial charge in [-0.2, -0.15) is 0 Å². The fourth-order valence-corrected chi connectivity index (χ4v) is 8.94. The number of ether oxygens (including phenoxy) is 1. The number of piperazine rings is 1. The van der Waals surface area contributed by atoms with Crippen LogP contribution in [0.5, 0.6) is 11.5 Å². The molecule has 284 valence electrons. The average Bonchev–Trinajstić information content (AvgIpc) is 3.54. The molecule has 4 aliphatic rings. The predicted molar refractivity (Wildman–Crippen MR) is 215 cm³/mol. The predicted octanol–water partition coefficient (Wildman–Crippen LogP) is 7.28. The molecule has 1 saturated carbocycles. The Bertz CT molecular complexity index is 2050. The summed E-state index contributed by atoms with van der Waals surface area (Å²) in [4.78, 5) is 43.8. The average molecular weight is 739 g/mol. The van der Waals surface area contributed by atoms with Gasteiger partial charge in [-0.05, 0) is 120 Å². The van der Waals surface area contributed by atoms with Gasteiger partial charge >= 0.3 is 0 Å². The Kier molecular flexibility index (Phi) is 10.7. The number of rotatable bonds is 10. The molecular weight excluding hydrogens is 689 g/mol. The van der Waals surface area contributed by atoms with Gasteiger partial charge in [-0.25, -0.2) is 0 Å². The third-order valence-corrected chi connectivity index (χ3v) is 11.9. The second kappa shape index (κ2) is 16.1. The number of allylic oxidation sites excluding steroid dienone is 1. The van der Waals surface area contributed by atoms with Crippen molar-refractivity contribution in [3.63, 3.8) is 0 Å². The van der Waals surface area contributed by atoms with E-state index in [1.165, 1.54) is 16.7 Å². The SMILES string of the molecule is CC/C(=C(\c1ccc(O)cc1)c1ccc(OC2CCC(CN3CCN(c4ccc5c(c4)CN(C4CCC(=O)NC4=O)C5=O)CC3)CC2)cc1)c1ccccc1. The number of hydrogen-bond donors (Lipinski definition) is 2. The molecule has 4 aromatic rings. The summed E-state index contributed by atoms with van der Waals surface area (Å²) in [6.07, 6.45) is 6.18. The van der Waals surface area contributed by atoms with Crippen molar-refractivity contribution in [2.24, 2.45) is 5.92 Å². The minimum atomic E-state index is -0.591. The number of anilines is 1. The molecule has 1 aliphatic carbocycles.